The maximum Gasteiger partial charge on any atom is 0.408 e. The third-order valence-corrected chi connectivity index (χ3v) is 5.18. The molecule has 0 radical (unpaired) electrons. The molecule has 34 heavy (non-hydrogen) atoms. The van der Waals surface area contributed by atoms with Crippen molar-refractivity contribution in [3.05, 3.63) is 102 Å². The number of alkyl carbamates (subject to hydrolysis) is 1. The van der Waals surface area contributed by atoms with Crippen molar-refractivity contribution in [2.24, 2.45) is 0 Å². The Kier molecular flexibility index (Phi) is 8.80. The molecule has 0 aromatic heterocycles. The first-order valence-corrected chi connectivity index (χ1v) is 11.0. The number of hydrogen-bond acceptors (Lipinski definition) is 4. The number of hydrogen-bond donors (Lipinski definition) is 2. The van der Waals surface area contributed by atoms with Crippen LogP contribution in [0.25, 0.3) is 0 Å². The van der Waals surface area contributed by atoms with Gasteiger partial charge in [0.1, 0.15) is 12.6 Å². The van der Waals surface area contributed by atoms with Gasteiger partial charge < -0.3 is 20.3 Å². The molecule has 3 aromatic rings. The molecule has 2 N–H and O–H groups in total. The lowest BCUT2D eigenvalue weighted by Gasteiger charge is -2.19. The molecule has 0 aliphatic carbocycles. The topological polar surface area (TPSA) is 87.7 Å². The van der Waals surface area contributed by atoms with Crippen LogP contribution in [0.4, 0.5) is 10.5 Å². The molecule has 0 heterocycles. The Labute approximate surface area is 199 Å². The van der Waals surface area contributed by atoms with E-state index in [9.17, 15) is 14.4 Å². The van der Waals surface area contributed by atoms with E-state index in [4.69, 9.17) is 4.74 Å². The van der Waals surface area contributed by atoms with Crippen LogP contribution in [-0.2, 0) is 33.8 Å². The molecule has 0 bridgehead atoms. The summed E-state index contributed by atoms with van der Waals surface area (Å²) < 4.78 is 5.30. The third kappa shape index (κ3) is 7.78. The Morgan fingerprint density at radius 1 is 0.794 bits per heavy atom. The highest BCUT2D eigenvalue weighted by Gasteiger charge is 2.22. The number of carbonyl (C=O) groups excluding carboxylic acids is 3. The first-order valence-electron chi connectivity index (χ1n) is 11.0. The zero-order chi connectivity index (χ0) is 24.3. The highest BCUT2D eigenvalue weighted by atomic mass is 16.5. The second kappa shape index (κ2) is 12.2. The maximum atomic E-state index is 13.0. The molecule has 0 spiro atoms. The van der Waals surface area contributed by atoms with E-state index in [0.29, 0.717) is 12.1 Å². The number of benzene rings is 3. The Morgan fingerprint density at radius 2 is 1.38 bits per heavy atom. The first-order chi connectivity index (χ1) is 16.4. The highest BCUT2D eigenvalue weighted by molar-refractivity contribution is 5.96. The SMILES string of the molecule is CN(C)C(=O)Cc1ccc(NC(=O)[C@H](Cc2ccccc2)NC(=O)OCc2ccccc2)cc1. The molecule has 0 saturated heterocycles. The minimum Gasteiger partial charge on any atom is -0.445 e. The van der Waals surface area contributed by atoms with E-state index in [1.54, 1.807) is 38.4 Å². The van der Waals surface area contributed by atoms with Gasteiger partial charge in [-0.1, -0.05) is 72.8 Å². The molecule has 0 aliphatic heterocycles. The Morgan fingerprint density at radius 3 is 1.97 bits per heavy atom. The van der Waals surface area contributed by atoms with Gasteiger partial charge in [0, 0.05) is 26.2 Å². The summed E-state index contributed by atoms with van der Waals surface area (Å²) in [5, 5.41) is 5.52. The van der Waals surface area contributed by atoms with Crippen molar-refractivity contribution in [1.82, 2.24) is 10.2 Å². The number of likely N-dealkylation sites (N-methyl/N-ethyl adjacent to an activating group) is 1. The predicted octanol–water partition coefficient (Wildman–Crippen LogP) is 3.79. The van der Waals surface area contributed by atoms with Crippen molar-refractivity contribution < 1.29 is 19.1 Å². The van der Waals surface area contributed by atoms with E-state index in [1.165, 1.54) is 4.90 Å². The smallest absolute Gasteiger partial charge is 0.408 e. The average Bonchev–Trinajstić information content (AvgIpc) is 2.84. The van der Waals surface area contributed by atoms with E-state index < -0.39 is 12.1 Å². The zero-order valence-electron chi connectivity index (χ0n) is 19.4. The number of rotatable bonds is 9. The molecule has 7 nitrogen and oxygen atoms in total. The number of carbonyl (C=O) groups is 3. The van der Waals surface area contributed by atoms with Crippen LogP contribution in [0.2, 0.25) is 0 Å². The van der Waals surface area contributed by atoms with Gasteiger partial charge in [-0.2, -0.15) is 0 Å². The van der Waals surface area contributed by atoms with Gasteiger partial charge in [0.25, 0.3) is 0 Å². The lowest BCUT2D eigenvalue weighted by Crippen LogP contribution is -2.45. The van der Waals surface area contributed by atoms with Crippen molar-refractivity contribution in [3.63, 3.8) is 0 Å². The van der Waals surface area contributed by atoms with Crippen LogP contribution in [-0.4, -0.2) is 42.9 Å². The standard InChI is InChI=1S/C27H29N3O4/c1-30(2)25(31)18-21-13-15-23(16-14-21)28-26(32)24(17-20-9-5-3-6-10-20)29-27(33)34-19-22-11-7-4-8-12-22/h3-16,24H,17-19H2,1-2H3,(H,28,32)(H,29,33)/t24-/m0/s1. The molecular formula is C27H29N3O4. The van der Waals surface area contributed by atoms with Crippen molar-refractivity contribution in [2.45, 2.75) is 25.5 Å². The van der Waals surface area contributed by atoms with Crippen LogP contribution in [0.3, 0.4) is 0 Å². The van der Waals surface area contributed by atoms with Gasteiger partial charge in [-0.3, -0.25) is 9.59 Å². The van der Waals surface area contributed by atoms with Gasteiger partial charge >= 0.3 is 6.09 Å². The number of ether oxygens (including phenoxy) is 1. The summed E-state index contributed by atoms with van der Waals surface area (Å²) >= 11 is 0. The van der Waals surface area contributed by atoms with Gasteiger partial charge in [0.15, 0.2) is 0 Å². The Hall–Kier alpha value is -4.13. The summed E-state index contributed by atoms with van der Waals surface area (Å²) in [5.41, 5.74) is 3.18. The normalized spacial score (nSPS) is 11.2. The maximum absolute atomic E-state index is 13.0. The molecule has 0 aliphatic rings. The molecule has 3 rings (SSSR count). The first kappa shape index (κ1) is 24.5. The van der Waals surface area contributed by atoms with Gasteiger partial charge in [0.2, 0.25) is 11.8 Å². The predicted molar refractivity (Wildman–Crippen MR) is 131 cm³/mol. The van der Waals surface area contributed by atoms with Gasteiger partial charge in [-0.25, -0.2) is 4.79 Å². The lowest BCUT2D eigenvalue weighted by atomic mass is 10.1. The molecule has 0 fully saturated rings. The molecule has 3 aromatic carbocycles. The lowest BCUT2D eigenvalue weighted by molar-refractivity contribution is -0.128. The minimum atomic E-state index is -0.833. The van der Waals surface area contributed by atoms with Crippen LogP contribution in [0.1, 0.15) is 16.7 Å². The van der Waals surface area contributed by atoms with Crippen molar-refractivity contribution in [1.29, 1.82) is 0 Å². The molecule has 0 saturated carbocycles. The van der Waals surface area contributed by atoms with E-state index in [-0.39, 0.29) is 24.8 Å². The summed E-state index contributed by atoms with van der Waals surface area (Å²) in [4.78, 5) is 38.9. The summed E-state index contributed by atoms with van der Waals surface area (Å²) in [6, 6.07) is 25.0. The number of nitrogens with one attached hydrogen (secondary N) is 2. The van der Waals surface area contributed by atoms with E-state index in [1.807, 2.05) is 60.7 Å². The minimum absolute atomic E-state index is 0.00192. The van der Waals surface area contributed by atoms with Crippen LogP contribution < -0.4 is 10.6 Å². The average molecular weight is 460 g/mol. The fourth-order valence-electron chi connectivity index (χ4n) is 3.23. The molecule has 1 atom stereocenters. The van der Waals surface area contributed by atoms with Crippen LogP contribution >= 0.6 is 0 Å². The number of amides is 3. The van der Waals surface area contributed by atoms with Gasteiger partial charge in [-0.15, -0.1) is 0 Å². The summed E-state index contributed by atoms with van der Waals surface area (Å²) in [5.74, 6) is -0.365. The number of anilines is 1. The zero-order valence-corrected chi connectivity index (χ0v) is 19.4. The largest absolute Gasteiger partial charge is 0.445 e. The fraction of sp³-hybridized carbons (Fsp3) is 0.222. The monoisotopic (exact) mass is 459 g/mol. The molecule has 7 heteroatoms. The molecule has 0 unspecified atom stereocenters. The molecule has 3 amide bonds. The van der Waals surface area contributed by atoms with Gasteiger partial charge in [0.05, 0.1) is 6.42 Å². The number of nitrogens with zero attached hydrogens (tertiary/aromatic N) is 1. The fourth-order valence-corrected chi connectivity index (χ4v) is 3.23. The van der Waals surface area contributed by atoms with Crippen molar-refractivity contribution in [3.8, 4) is 0 Å². The Balaban J connectivity index is 1.64. The molecular weight excluding hydrogens is 430 g/mol. The second-order valence-corrected chi connectivity index (χ2v) is 8.10. The summed E-state index contributed by atoms with van der Waals surface area (Å²) in [6.07, 6.45) is -0.0765. The second-order valence-electron chi connectivity index (χ2n) is 8.10. The third-order valence-electron chi connectivity index (χ3n) is 5.18. The van der Waals surface area contributed by atoms with Crippen molar-refractivity contribution >= 4 is 23.6 Å². The van der Waals surface area contributed by atoms with Gasteiger partial charge in [-0.05, 0) is 28.8 Å². The van der Waals surface area contributed by atoms with E-state index in [2.05, 4.69) is 10.6 Å². The van der Waals surface area contributed by atoms with E-state index >= 15 is 0 Å². The van der Waals surface area contributed by atoms with Crippen molar-refractivity contribution in [2.75, 3.05) is 19.4 Å². The van der Waals surface area contributed by atoms with Crippen LogP contribution in [0.15, 0.2) is 84.9 Å². The summed E-state index contributed by atoms with van der Waals surface area (Å²) in [6.45, 7) is 0.111. The highest BCUT2D eigenvalue weighted by Crippen LogP contribution is 2.13. The Bertz CT molecular complexity index is 1080. The summed E-state index contributed by atoms with van der Waals surface area (Å²) in [7, 11) is 3.42. The van der Waals surface area contributed by atoms with Crippen LogP contribution in [0.5, 0.6) is 0 Å². The van der Waals surface area contributed by atoms with E-state index in [0.717, 1.165) is 16.7 Å². The van der Waals surface area contributed by atoms with Crippen LogP contribution in [0, 0.1) is 0 Å². The quantitative estimate of drug-likeness (QED) is 0.510. The molecule has 176 valence electrons.